The molecule has 120 valence electrons. The van der Waals surface area contributed by atoms with Crippen molar-refractivity contribution < 1.29 is 9.53 Å². The van der Waals surface area contributed by atoms with Crippen LogP contribution in [-0.2, 0) is 16.0 Å². The molecule has 0 saturated carbocycles. The maximum atomic E-state index is 12.1. The highest BCUT2D eigenvalue weighted by Crippen LogP contribution is 2.03. The molecule has 0 atom stereocenters. The summed E-state index contributed by atoms with van der Waals surface area (Å²) < 4.78 is 5.42. The van der Waals surface area contributed by atoms with E-state index in [1.165, 1.54) is 5.56 Å². The summed E-state index contributed by atoms with van der Waals surface area (Å²) in [5.74, 6) is 0.118. The fourth-order valence-electron chi connectivity index (χ4n) is 1.97. The van der Waals surface area contributed by atoms with Crippen LogP contribution in [0.1, 0.15) is 25.8 Å². The second-order valence-electron chi connectivity index (χ2n) is 5.07. The topological polar surface area (TPSA) is 55.6 Å². The number of ether oxygens (including phenoxy) is 1. The molecular weight excluding hydrogens is 288 g/mol. The predicted molar refractivity (Wildman–Crippen MR) is 88.7 cm³/mol. The van der Waals surface area contributed by atoms with Crippen LogP contribution in [0.2, 0.25) is 0 Å². The van der Waals surface area contributed by atoms with Crippen LogP contribution in [0.5, 0.6) is 0 Å². The Labute approximate surface area is 134 Å². The van der Waals surface area contributed by atoms with Crippen LogP contribution in [0.25, 0.3) is 0 Å². The molecule has 0 heterocycles. The van der Waals surface area contributed by atoms with Gasteiger partial charge in [-0.15, -0.1) is 12.4 Å². The molecule has 0 aromatic heterocycles. The number of nitrogens with two attached hydrogens (primary N) is 1. The number of nitrogens with zero attached hydrogens (tertiary/aromatic N) is 1. The molecule has 5 heteroatoms. The molecule has 0 aliphatic carbocycles. The Hall–Kier alpha value is -1.10. The number of hydrogen-bond donors (Lipinski definition) is 1. The number of amides is 1. The lowest BCUT2D eigenvalue weighted by Crippen LogP contribution is -2.37. The van der Waals surface area contributed by atoms with E-state index in [1.54, 1.807) is 0 Å². The van der Waals surface area contributed by atoms with Crippen LogP contribution in [0.3, 0.4) is 0 Å². The molecule has 21 heavy (non-hydrogen) atoms. The standard InChI is InChI=1S/C16H26N2O2.ClH/c1-14(2)20-13-9-16(19)18(12-10-17)11-8-15-6-4-3-5-7-15;/h3-7,14H,8-13,17H2,1-2H3;1H. The summed E-state index contributed by atoms with van der Waals surface area (Å²) in [7, 11) is 0. The lowest BCUT2D eigenvalue weighted by atomic mass is 10.1. The molecule has 0 saturated heterocycles. The average Bonchev–Trinajstić information content (AvgIpc) is 2.44. The van der Waals surface area contributed by atoms with Gasteiger partial charge in [0.1, 0.15) is 0 Å². The van der Waals surface area contributed by atoms with E-state index in [1.807, 2.05) is 36.9 Å². The van der Waals surface area contributed by atoms with Crippen LogP contribution in [0.4, 0.5) is 0 Å². The first-order valence-corrected chi connectivity index (χ1v) is 7.27. The van der Waals surface area contributed by atoms with Gasteiger partial charge in [-0.25, -0.2) is 0 Å². The van der Waals surface area contributed by atoms with Crippen molar-refractivity contribution >= 4 is 18.3 Å². The fraction of sp³-hybridized carbons (Fsp3) is 0.562. The number of carbonyl (C=O) groups is 1. The number of carbonyl (C=O) groups excluding carboxylic acids is 1. The summed E-state index contributed by atoms with van der Waals surface area (Å²) in [6, 6.07) is 10.2. The van der Waals surface area contributed by atoms with Crippen molar-refractivity contribution in [2.45, 2.75) is 32.8 Å². The summed E-state index contributed by atoms with van der Waals surface area (Å²) in [4.78, 5) is 14.0. The van der Waals surface area contributed by atoms with Gasteiger partial charge in [-0.05, 0) is 25.8 Å². The van der Waals surface area contributed by atoms with Gasteiger partial charge in [0.05, 0.1) is 19.1 Å². The summed E-state index contributed by atoms with van der Waals surface area (Å²) >= 11 is 0. The van der Waals surface area contributed by atoms with Crippen molar-refractivity contribution in [3.05, 3.63) is 35.9 Å². The van der Waals surface area contributed by atoms with E-state index < -0.39 is 0 Å². The minimum Gasteiger partial charge on any atom is -0.378 e. The van der Waals surface area contributed by atoms with Crippen LogP contribution >= 0.6 is 12.4 Å². The van der Waals surface area contributed by atoms with E-state index in [-0.39, 0.29) is 24.4 Å². The first kappa shape index (κ1) is 19.9. The maximum Gasteiger partial charge on any atom is 0.224 e. The zero-order chi connectivity index (χ0) is 14.8. The van der Waals surface area contributed by atoms with Crippen LogP contribution < -0.4 is 5.73 Å². The van der Waals surface area contributed by atoms with Crippen molar-refractivity contribution in [1.82, 2.24) is 4.90 Å². The number of benzene rings is 1. The molecule has 1 aromatic carbocycles. The molecule has 0 bridgehead atoms. The Kier molecular flexibility index (Phi) is 10.9. The SMILES string of the molecule is CC(C)OCCC(=O)N(CCN)CCc1ccccc1.Cl. The van der Waals surface area contributed by atoms with Gasteiger partial charge in [-0.2, -0.15) is 0 Å². The third kappa shape index (κ3) is 8.71. The first-order valence-electron chi connectivity index (χ1n) is 7.27. The summed E-state index contributed by atoms with van der Waals surface area (Å²) in [5.41, 5.74) is 6.82. The Morgan fingerprint density at radius 3 is 2.48 bits per heavy atom. The summed E-state index contributed by atoms with van der Waals surface area (Å²) in [5, 5.41) is 0. The molecule has 1 amide bonds. The molecule has 1 aromatic rings. The second kappa shape index (κ2) is 11.5. The van der Waals surface area contributed by atoms with Crippen molar-refractivity contribution in [2.24, 2.45) is 5.73 Å². The Bertz CT molecular complexity index is 385. The molecule has 0 fully saturated rings. The highest BCUT2D eigenvalue weighted by Gasteiger charge is 2.12. The highest BCUT2D eigenvalue weighted by atomic mass is 35.5. The lowest BCUT2D eigenvalue weighted by Gasteiger charge is -2.22. The molecular formula is C16H27ClN2O2. The smallest absolute Gasteiger partial charge is 0.224 e. The van der Waals surface area contributed by atoms with E-state index in [0.717, 1.165) is 6.42 Å². The fourth-order valence-corrected chi connectivity index (χ4v) is 1.97. The first-order chi connectivity index (χ1) is 9.63. The third-order valence-electron chi connectivity index (χ3n) is 3.03. The van der Waals surface area contributed by atoms with Gasteiger partial charge >= 0.3 is 0 Å². The normalized spacial score (nSPS) is 10.3. The van der Waals surface area contributed by atoms with Crippen molar-refractivity contribution in [1.29, 1.82) is 0 Å². The number of rotatable bonds is 9. The van der Waals surface area contributed by atoms with E-state index in [4.69, 9.17) is 10.5 Å². The molecule has 2 N–H and O–H groups in total. The Morgan fingerprint density at radius 2 is 1.90 bits per heavy atom. The van der Waals surface area contributed by atoms with Crippen LogP contribution in [0, 0.1) is 0 Å². The average molecular weight is 315 g/mol. The summed E-state index contributed by atoms with van der Waals surface area (Å²) in [6.45, 7) is 6.22. The quantitative estimate of drug-likeness (QED) is 0.760. The van der Waals surface area contributed by atoms with Crippen LogP contribution in [-0.4, -0.2) is 43.2 Å². The summed E-state index contributed by atoms with van der Waals surface area (Å²) in [6.07, 6.45) is 1.44. The monoisotopic (exact) mass is 314 g/mol. The van der Waals surface area contributed by atoms with E-state index in [2.05, 4.69) is 12.1 Å². The molecule has 1 rings (SSSR count). The van der Waals surface area contributed by atoms with Gasteiger partial charge in [0.15, 0.2) is 0 Å². The predicted octanol–water partition coefficient (Wildman–Crippen LogP) is 2.25. The van der Waals surface area contributed by atoms with Crippen molar-refractivity contribution in [3.63, 3.8) is 0 Å². The zero-order valence-electron chi connectivity index (χ0n) is 13.0. The number of halogens is 1. The van der Waals surface area contributed by atoms with Gasteiger partial charge in [0, 0.05) is 19.6 Å². The minimum atomic E-state index is 0. The third-order valence-corrected chi connectivity index (χ3v) is 3.03. The van der Waals surface area contributed by atoms with Gasteiger partial charge in [0.25, 0.3) is 0 Å². The van der Waals surface area contributed by atoms with Gasteiger partial charge in [0.2, 0.25) is 5.91 Å². The Balaban J connectivity index is 0.00000400. The van der Waals surface area contributed by atoms with Crippen molar-refractivity contribution in [2.75, 3.05) is 26.2 Å². The van der Waals surface area contributed by atoms with E-state index in [0.29, 0.717) is 32.7 Å². The minimum absolute atomic E-state index is 0. The lowest BCUT2D eigenvalue weighted by molar-refractivity contribution is -0.132. The van der Waals surface area contributed by atoms with Gasteiger partial charge in [-0.3, -0.25) is 4.79 Å². The van der Waals surface area contributed by atoms with Crippen molar-refractivity contribution in [3.8, 4) is 0 Å². The molecule has 4 nitrogen and oxygen atoms in total. The van der Waals surface area contributed by atoms with Gasteiger partial charge < -0.3 is 15.4 Å². The molecule has 0 radical (unpaired) electrons. The Morgan fingerprint density at radius 1 is 1.24 bits per heavy atom. The largest absolute Gasteiger partial charge is 0.378 e. The molecule has 0 aliphatic rings. The van der Waals surface area contributed by atoms with E-state index >= 15 is 0 Å². The molecule has 0 aliphatic heterocycles. The highest BCUT2D eigenvalue weighted by molar-refractivity contribution is 5.85. The van der Waals surface area contributed by atoms with Crippen LogP contribution in [0.15, 0.2) is 30.3 Å². The second-order valence-corrected chi connectivity index (χ2v) is 5.07. The van der Waals surface area contributed by atoms with E-state index in [9.17, 15) is 4.79 Å². The maximum absolute atomic E-state index is 12.1. The zero-order valence-corrected chi connectivity index (χ0v) is 13.8. The molecule has 0 spiro atoms. The number of hydrogen-bond acceptors (Lipinski definition) is 3. The molecule has 0 unspecified atom stereocenters. The van der Waals surface area contributed by atoms with Gasteiger partial charge in [-0.1, -0.05) is 30.3 Å².